The van der Waals surface area contributed by atoms with Crippen LogP contribution in [0.1, 0.15) is 15.9 Å². The number of carbonyl (C=O) groups is 1. The largest absolute Gasteiger partial charge is 0.389 e. The van der Waals surface area contributed by atoms with Crippen LogP contribution in [0.25, 0.3) is 0 Å². The van der Waals surface area contributed by atoms with Crippen molar-refractivity contribution < 1.29 is 4.79 Å². The van der Waals surface area contributed by atoms with Gasteiger partial charge in [0.2, 0.25) is 0 Å². The maximum absolute atomic E-state index is 12.3. The minimum Gasteiger partial charge on any atom is -0.389 e. The summed E-state index contributed by atoms with van der Waals surface area (Å²) in [6.07, 6.45) is 0. The van der Waals surface area contributed by atoms with E-state index in [1.54, 1.807) is 24.3 Å². The highest BCUT2D eigenvalue weighted by Gasteiger charge is 2.12. The number of amides is 1. The van der Waals surface area contributed by atoms with Crippen LogP contribution in [-0.2, 0) is 0 Å². The third-order valence-corrected chi connectivity index (χ3v) is 3.77. The molecule has 0 heterocycles. The minimum absolute atomic E-state index is 0.190. The molecule has 0 atom stereocenters. The number of hydrogen-bond donors (Lipinski definition) is 2. The van der Waals surface area contributed by atoms with Gasteiger partial charge < -0.3 is 11.1 Å². The first-order valence-corrected chi connectivity index (χ1v) is 7.69. The van der Waals surface area contributed by atoms with Crippen LogP contribution < -0.4 is 11.1 Å². The number of carbonyl (C=O) groups excluding carboxylic acids is 1. The number of nitrogens with two attached hydrogens (primary N) is 1. The van der Waals surface area contributed by atoms with Crippen LogP contribution in [0, 0.1) is 0 Å². The maximum Gasteiger partial charge on any atom is 0.255 e. The van der Waals surface area contributed by atoms with E-state index >= 15 is 0 Å². The van der Waals surface area contributed by atoms with Crippen molar-refractivity contribution in [3.8, 4) is 0 Å². The first-order valence-electron chi connectivity index (χ1n) is 5.73. The number of rotatable bonds is 3. The van der Waals surface area contributed by atoms with Crippen LogP contribution in [0.2, 0.25) is 10.0 Å². The number of hydrogen-bond acceptors (Lipinski definition) is 2. The zero-order chi connectivity index (χ0) is 15.6. The molecule has 0 unspecified atom stereocenters. The Balaban J connectivity index is 2.33. The second kappa shape index (κ2) is 6.75. The van der Waals surface area contributed by atoms with Gasteiger partial charge in [-0.05, 0) is 36.4 Å². The molecule has 2 rings (SSSR count). The van der Waals surface area contributed by atoms with Crippen LogP contribution in [0.5, 0.6) is 0 Å². The van der Waals surface area contributed by atoms with Gasteiger partial charge in [-0.25, -0.2) is 0 Å². The monoisotopic (exact) mass is 402 g/mol. The molecule has 2 aromatic carbocycles. The lowest BCUT2D eigenvalue weighted by atomic mass is 10.1. The van der Waals surface area contributed by atoms with Gasteiger partial charge in [-0.2, -0.15) is 0 Å². The summed E-state index contributed by atoms with van der Waals surface area (Å²) in [6.45, 7) is 0. The number of thiocarbonyl (C=S) groups is 1. The summed E-state index contributed by atoms with van der Waals surface area (Å²) in [4.78, 5) is 12.4. The third-order valence-electron chi connectivity index (χ3n) is 2.62. The average Bonchev–Trinajstić information content (AvgIpc) is 2.39. The van der Waals surface area contributed by atoms with Gasteiger partial charge in [-0.3, -0.25) is 4.79 Å². The fourth-order valence-corrected chi connectivity index (χ4v) is 2.76. The highest BCUT2D eigenvalue weighted by Crippen LogP contribution is 2.23. The van der Waals surface area contributed by atoms with Crippen LogP contribution in [0.15, 0.2) is 40.9 Å². The molecule has 7 heteroatoms. The van der Waals surface area contributed by atoms with E-state index in [0.717, 1.165) is 4.47 Å². The molecule has 0 aromatic heterocycles. The van der Waals surface area contributed by atoms with Crippen molar-refractivity contribution in [2.75, 3.05) is 5.32 Å². The highest BCUT2D eigenvalue weighted by atomic mass is 79.9. The Labute approximate surface area is 145 Å². The summed E-state index contributed by atoms with van der Waals surface area (Å²) in [5.74, 6) is -0.348. The lowest BCUT2D eigenvalue weighted by Crippen LogP contribution is -2.17. The molecule has 0 saturated heterocycles. The minimum atomic E-state index is -0.348. The van der Waals surface area contributed by atoms with Gasteiger partial charge >= 0.3 is 0 Å². The lowest BCUT2D eigenvalue weighted by molar-refractivity contribution is 0.102. The third kappa shape index (κ3) is 4.17. The Morgan fingerprint density at radius 1 is 1.14 bits per heavy atom. The Kier molecular flexibility index (Phi) is 5.22. The summed E-state index contributed by atoms with van der Waals surface area (Å²) in [5.41, 5.74) is 7.10. The van der Waals surface area contributed by atoms with Gasteiger partial charge in [0.05, 0.1) is 5.69 Å². The molecule has 3 nitrogen and oxygen atoms in total. The van der Waals surface area contributed by atoms with Gasteiger partial charge in [0.1, 0.15) is 4.99 Å². The predicted octanol–water partition coefficient (Wildman–Crippen LogP) is 4.64. The Morgan fingerprint density at radius 2 is 1.76 bits per heavy atom. The van der Waals surface area contributed by atoms with Crippen molar-refractivity contribution in [1.82, 2.24) is 0 Å². The first kappa shape index (κ1) is 16.2. The van der Waals surface area contributed by atoms with Crippen LogP contribution >= 0.6 is 51.3 Å². The van der Waals surface area contributed by atoms with Crippen molar-refractivity contribution in [2.24, 2.45) is 5.73 Å². The van der Waals surface area contributed by atoms with E-state index in [1.807, 2.05) is 0 Å². The van der Waals surface area contributed by atoms with E-state index in [2.05, 4.69) is 21.2 Å². The van der Waals surface area contributed by atoms with Crippen LogP contribution in [0.3, 0.4) is 0 Å². The molecule has 0 aliphatic rings. The van der Waals surface area contributed by atoms with Gasteiger partial charge in [0.15, 0.2) is 0 Å². The summed E-state index contributed by atoms with van der Waals surface area (Å²) in [7, 11) is 0. The normalized spacial score (nSPS) is 10.2. The van der Waals surface area contributed by atoms with E-state index in [1.165, 1.54) is 12.1 Å². The number of anilines is 1. The highest BCUT2D eigenvalue weighted by molar-refractivity contribution is 9.10. The topological polar surface area (TPSA) is 55.1 Å². The molecule has 0 saturated carbocycles. The maximum atomic E-state index is 12.3. The molecule has 108 valence electrons. The number of nitrogens with one attached hydrogen (secondary N) is 1. The van der Waals surface area contributed by atoms with Crippen molar-refractivity contribution in [2.45, 2.75) is 0 Å². The van der Waals surface area contributed by atoms with Gasteiger partial charge in [-0.15, -0.1) is 0 Å². The Bertz CT molecular complexity index is 717. The molecule has 21 heavy (non-hydrogen) atoms. The molecule has 0 fully saturated rings. The second-order valence-corrected chi connectivity index (χ2v) is 6.39. The van der Waals surface area contributed by atoms with Crippen LogP contribution in [-0.4, -0.2) is 10.9 Å². The number of halogens is 3. The summed E-state index contributed by atoms with van der Waals surface area (Å²) < 4.78 is 0.814. The predicted molar refractivity (Wildman–Crippen MR) is 94.4 cm³/mol. The summed E-state index contributed by atoms with van der Waals surface area (Å²) in [5, 5.41) is 3.52. The second-order valence-electron chi connectivity index (χ2n) is 4.17. The van der Waals surface area contributed by atoms with E-state index in [9.17, 15) is 4.79 Å². The summed E-state index contributed by atoms with van der Waals surface area (Å²) in [6, 6.07) is 9.85. The lowest BCUT2D eigenvalue weighted by Gasteiger charge is -2.11. The summed E-state index contributed by atoms with van der Waals surface area (Å²) >= 11 is 20.1. The molecule has 2 aromatic rings. The average molecular weight is 404 g/mol. The molecular formula is C14H9BrCl2N2OS. The molecule has 0 radical (unpaired) electrons. The van der Waals surface area contributed by atoms with Gasteiger partial charge in [0.25, 0.3) is 5.91 Å². The fourth-order valence-electron chi connectivity index (χ4n) is 1.71. The molecule has 0 aliphatic carbocycles. The van der Waals surface area contributed by atoms with E-state index in [0.29, 0.717) is 26.9 Å². The zero-order valence-corrected chi connectivity index (χ0v) is 14.4. The van der Waals surface area contributed by atoms with E-state index in [4.69, 9.17) is 41.2 Å². The zero-order valence-electron chi connectivity index (χ0n) is 10.5. The molecule has 0 bridgehead atoms. The standard InChI is InChI=1S/C14H9BrCl2N2OS/c15-8-1-2-12(11(5-8)13(18)21)19-14(20)7-3-9(16)6-10(17)4-7/h1-6H,(H2,18,21)(H,19,20). The Morgan fingerprint density at radius 3 is 2.33 bits per heavy atom. The first-order chi connectivity index (χ1) is 9.86. The SMILES string of the molecule is NC(=S)c1cc(Br)ccc1NC(=O)c1cc(Cl)cc(Cl)c1. The fraction of sp³-hybridized carbons (Fsp3) is 0. The van der Waals surface area contributed by atoms with E-state index < -0.39 is 0 Å². The Hall–Kier alpha value is -1.14. The van der Waals surface area contributed by atoms with Crippen molar-refractivity contribution >= 4 is 67.9 Å². The smallest absolute Gasteiger partial charge is 0.255 e. The molecule has 1 amide bonds. The van der Waals surface area contributed by atoms with E-state index in [-0.39, 0.29) is 10.9 Å². The molecule has 0 aliphatic heterocycles. The van der Waals surface area contributed by atoms with Gasteiger partial charge in [0, 0.05) is 25.6 Å². The molecule has 3 N–H and O–H groups in total. The number of benzene rings is 2. The molecular weight excluding hydrogens is 395 g/mol. The van der Waals surface area contributed by atoms with Crippen molar-refractivity contribution in [3.05, 3.63) is 62.0 Å². The quantitative estimate of drug-likeness (QED) is 0.733. The van der Waals surface area contributed by atoms with Crippen LogP contribution in [0.4, 0.5) is 5.69 Å². The van der Waals surface area contributed by atoms with Crippen molar-refractivity contribution in [3.63, 3.8) is 0 Å². The van der Waals surface area contributed by atoms with Gasteiger partial charge in [-0.1, -0.05) is 51.3 Å². The van der Waals surface area contributed by atoms with Crippen molar-refractivity contribution in [1.29, 1.82) is 0 Å². The molecule has 0 spiro atoms.